The Morgan fingerprint density at radius 3 is 2.81 bits per heavy atom. The van der Waals surface area contributed by atoms with Crippen molar-refractivity contribution in [1.29, 1.82) is 0 Å². The average molecular weight is 217 g/mol. The fourth-order valence-corrected chi connectivity index (χ4v) is 1.53. The van der Waals surface area contributed by atoms with Crippen molar-refractivity contribution in [3.63, 3.8) is 0 Å². The largest absolute Gasteiger partial charge is 0.481 e. The molecule has 1 aromatic heterocycles. The second-order valence-corrected chi connectivity index (χ2v) is 3.47. The van der Waals surface area contributed by atoms with Crippen LogP contribution in [0.15, 0.2) is 36.7 Å². The van der Waals surface area contributed by atoms with E-state index in [-0.39, 0.29) is 0 Å². The quantitative estimate of drug-likeness (QED) is 0.845. The third-order valence-electron chi connectivity index (χ3n) is 2.44. The lowest BCUT2D eigenvalue weighted by Gasteiger charge is -2.11. The van der Waals surface area contributed by atoms with Gasteiger partial charge in [-0.15, -0.1) is 5.10 Å². The Kier molecular flexibility index (Phi) is 2.68. The maximum absolute atomic E-state index is 11.0. The molecule has 2 rings (SSSR count). The number of aliphatic carboxylic acids is 1. The summed E-state index contributed by atoms with van der Waals surface area (Å²) in [5.41, 5.74) is 1.47. The van der Waals surface area contributed by atoms with E-state index in [0.717, 1.165) is 11.3 Å². The number of rotatable bonds is 3. The lowest BCUT2D eigenvalue weighted by molar-refractivity contribution is -0.138. The molecule has 0 aliphatic rings. The van der Waals surface area contributed by atoms with Gasteiger partial charge in [-0.25, -0.2) is 4.68 Å². The summed E-state index contributed by atoms with van der Waals surface area (Å²) in [6, 6.07) is 7.27. The summed E-state index contributed by atoms with van der Waals surface area (Å²) in [6.45, 7) is 1.65. The highest BCUT2D eigenvalue weighted by Gasteiger charge is 2.17. The molecule has 0 saturated carbocycles. The fraction of sp³-hybridized carbons (Fsp3) is 0.182. The molecule has 0 saturated heterocycles. The van der Waals surface area contributed by atoms with Crippen LogP contribution in [0, 0.1) is 0 Å². The molecule has 1 N–H and O–H groups in total. The number of hydrogen-bond acceptors (Lipinski definition) is 3. The Hall–Kier alpha value is -2.17. The van der Waals surface area contributed by atoms with Crippen molar-refractivity contribution in [3.05, 3.63) is 42.2 Å². The molecule has 1 unspecified atom stereocenters. The van der Waals surface area contributed by atoms with Gasteiger partial charge in [0.25, 0.3) is 0 Å². The Morgan fingerprint density at radius 2 is 2.19 bits per heavy atom. The van der Waals surface area contributed by atoms with Crippen molar-refractivity contribution < 1.29 is 9.90 Å². The van der Waals surface area contributed by atoms with E-state index in [0.29, 0.717) is 0 Å². The van der Waals surface area contributed by atoms with Gasteiger partial charge in [-0.05, 0) is 18.6 Å². The van der Waals surface area contributed by atoms with Crippen LogP contribution in [0.5, 0.6) is 0 Å². The van der Waals surface area contributed by atoms with Gasteiger partial charge < -0.3 is 5.11 Å². The molecule has 0 aliphatic carbocycles. The highest BCUT2D eigenvalue weighted by Crippen LogP contribution is 2.22. The maximum atomic E-state index is 11.0. The van der Waals surface area contributed by atoms with Crippen LogP contribution in [0.3, 0.4) is 0 Å². The number of nitrogens with zero attached hydrogens (tertiary/aromatic N) is 3. The molecule has 0 spiro atoms. The van der Waals surface area contributed by atoms with Gasteiger partial charge in [-0.1, -0.05) is 23.4 Å². The molecule has 0 fully saturated rings. The summed E-state index contributed by atoms with van der Waals surface area (Å²) < 4.78 is 1.56. The summed E-state index contributed by atoms with van der Waals surface area (Å²) in [5.74, 6) is -1.42. The second-order valence-electron chi connectivity index (χ2n) is 3.47. The molecule has 0 aliphatic heterocycles. The highest BCUT2D eigenvalue weighted by atomic mass is 16.4. The first-order valence-electron chi connectivity index (χ1n) is 4.88. The maximum Gasteiger partial charge on any atom is 0.310 e. The molecule has 0 radical (unpaired) electrons. The summed E-state index contributed by atoms with van der Waals surface area (Å²) in [5, 5.41) is 16.6. The molecule has 1 heterocycles. The van der Waals surface area contributed by atoms with Crippen molar-refractivity contribution >= 4 is 5.97 Å². The molecule has 5 heteroatoms. The molecule has 5 nitrogen and oxygen atoms in total. The van der Waals surface area contributed by atoms with Gasteiger partial charge in [0.15, 0.2) is 0 Å². The van der Waals surface area contributed by atoms with Crippen molar-refractivity contribution in [2.45, 2.75) is 12.8 Å². The van der Waals surface area contributed by atoms with Crippen molar-refractivity contribution in [2.24, 2.45) is 0 Å². The smallest absolute Gasteiger partial charge is 0.310 e. The summed E-state index contributed by atoms with van der Waals surface area (Å²) in [6.07, 6.45) is 3.25. The number of carboxylic acid groups (broad SMARTS) is 1. The highest BCUT2D eigenvalue weighted by molar-refractivity contribution is 5.77. The fourth-order valence-electron chi connectivity index (χ4n) is 1.53. The number of benzene rings is 1. The van der Waals surface area contributed by atoms with Crippen LogP contribution in [0.25, 0.3) is 5.69 Å². The third-order valence-corrected chi connectivity index (χ3v) is 2.44. The number of hydrogen-bond donors (Lipinski definition) is 1. The minimum Gasteiger partial charge on any atom is -0.481 e. The number of carboxylic acids is 1. The van der Waals surface area contributed by atoms with Crippen LogP contribution in [0.1, 0.15) is 18.4 Å². The predicted molar refractivity (Wildman–Crippen MR) is 57.4 cm³/mol. The molecule has 1 aromatic carbocycles. The molecule has 0 bridgehead atoms. The molecular formula is C11H11N3O2. The first-order chi connectivity index (χ1) is 7.70. The molecular weight excluding hydrogens is 206 g/mol. The summed E-state index contributed by atoms with van der Waals surface area (Å²) >= 11 is 0. The number of aromatic nitrogens is 3. The normalized spacial score (nSPS) is 12.3. The first-order valence-corrected chi connectivity index (χ1v) is 4.88. The first kappa shape index (κ1) is 10.4. The van der Waals surface area contributed by atoms with Gasteiger partial charge in [-0.3, -0.25) is 4.79 Å². The van der Waals surface area contributed by atoms with E-state index in [2.05, 4.69) is 10.3 Å². The predicted octanol–water partition coefficient (Wildman–Crippen LogP) is 1.46. The Labute approximate surface area is 92.3 Å². The van der Waals surface area contributed by atoms with Crippen LogP contribution in [-0.2, 0) is 4.79 Å². The summed E-state index contributed by atoms with van der Waals surface area (Å²) in [7, 11) is 0. The molecule has 2 aromatic rings. The average Bonchev–Trinajstić information content (AvgIpc) is 2.81. The van der Waals surface area contributed by atoms with E-state index in [9.17, 15) is 4.79 Å². The zero-order valence-corrected chi connectivity index (χ0v) is 8.74. The van der Waals surface area contributed by atoms with Crippen LogP contribution in [0.4, 0.5) is 0 Å². The Morgan fingerprint density at radius 1 is 1.44 bits per heavy atom. The van der Waals surface area contributed by atoms with E-state index in [4.69, 9.17) is 5.11 Å². The van der Waals surface area contributed by atoms with E-state index < -0.39 is 11.9 Å². The van der Waals surface area contributed by atoms with Crippen molar-refractivity contribution in [2.75, 3.05) is 0 Å². The van der Waals surface area contributed by atoms with Crippen molar-refractivity contribution in [3.8, 4) is 5.69 Å². The lowest BCUT2D eigenvalue weighted by Crippen LogP contribution is -2.11. The minimum absolute atomic E-state index is 0.569. The number of para-hydroxylation sites is 1. The van der Waals surface area contributed by atoms with Crippen molar-refractivity contribution in [1.82, 2.24) is 15.0 Å². The molecule has 1 atom stereocenters. The van der Waals surface area contributed by atoms with E-state index in [1.807, 2.05) is 18.2 Å². The minimum atomic E-state index is -0.854. The van der Waals surface area contributed by atoms with Gasteiger partial charge >= 0.3 is 5.97 Å². The Balaban J connectivity index is 2.50. The van der Waals surface area contributed by atoms with E-state index in [1.54, 1.807) is 30.1 Å². The Bertz CT molecular complexity index is 494. The second kappa shape index (κ2) is 4.14. The van der Waals surface area contributed by atoms with Gasteiger partial charge in [0, 0.05) is 0 Å². The SMILES string of the molecule is CC(C(=O)O)c1ccccc1-n1ccnn1. The van der Waals surface area contributed by atoms with Crippen LogP contribution in [-0.4, -0.2) is 26.1 Å². The monoisotopic (exact) mass is 217 g/mol. The third kappa shape index (κ3) is 1.79. The van der Waals surface area contributed by atoms with E-state index in [1.165, 1.54) is 0 Å². The van der Waals surface area contributed by atoms with E-state index >= 15 is 0 Å². The van der Waals surface area contributed by atoms with Gasteiger partial charge in [0.2, 0.25) is 0 Å². The van der Waals surface area contributed by atoms with Crippen LogP contribution >= 0.6 is 0 Å². The molecule has 16 heavy (non-hydrogen) atoms. The summed E-state index contributed by atoms with van der Waals surface area (Å²) in [4.78, 5) is 11.0. The standard InChI is InChI=1S/C11H11N3O2/c1-8(11(15)16)9-4-2-3-5-10(9)14-7-6-12-13-14/h2-8H,1H3,(H,15,16). The lowest BCUT2D eigenvalue weighted by atomic mass is 9.99. The number of carbonyl (C=O) groups is 1. The zero-order chi connectivity index (χ0) is 11.5. The van der Waals surface area contributed by atoms with Crippen LogP contribution in [0.2, 0.25) is 0 Å². The van der Waals surface area contributed by atoms with Gasteiger partial charge in [0.1, 0.15) is 0 Å². The van der Waals surface area contributed by atoms with Gasteiger partial charge in [0.05, 0.1) is 24.0 Å². The molecule has 82 valence electrons. The topological polar surface area (TPSA) is 68.0 Å². The van der Waals surface area contributed by atoms with Gasteiger partial charge in [-0.2, -0.15) is 0 Å². The molecule has 0 amide bonds. The zero-order valence-electron chi connectivity index (χ0n) is 8.74. The van der Waals surface area contributed by atoms with Crippen LogP contribution < -0.4 is 0 Å².